The van der Waals surface area contributed by atoms with Gasteiger partial charge in [-0.25, -0.2) is 4.79 Å². The summed E-state index contributed by atoms with van der Waals surface area (Å²) in [6.07, 6.45) is 2.61. The Balaban J connectivity index is 1.97. The molecule has 1 saturated carbocycles. The van der Waals surface area contributed by atoms with Crippen molar-refractivity contribution >= 4 is 29.2 Å². The molecule has 1 saturated heterocycles. The molecule has 1 heterocycles. The zero-order valence-electron chi connectivity index (χ0n) is 16.7. The van der Waals surface area contributed by atoms with Crippen LogP contribution in [0.3, 0.4) is 0 Å². The first kappa shape index (κ1) is 21.5. The minimum atomic E-state index is -1.17. The van der Waals surface area contributed by atoms with Crippen LogP contribution >= 0.6 is 11.6 Å². The maximum Gasteiger partial charge on any atom is 0.328 e. The van der Waals surface area contributed by atoms with Crippen molar-refractivity contribution in [3.05, 3.63) is 38.9 Å². The average molecular weight is 425 g/mol. The Morgan fingerprint density at radius 2 is 1.93 bits per heavy atom. The number of ether oxygens (including phenoxy) is 1. The van der Waals surface area contributed by atoms with E-state index in [1.165, 1.54) is 17.0 Å². The summed E-state index contributed by atoms with van der Waals surface area (Å²) < 4.78 is 5.94. The number of nitrogens with zero attached hydrogens (tertiary/aromatic N) is 2. The number of amides is 1. The summed E-state index contributed by atoms with van der Waals surface area (Å²) >= 11 is 6.15. The zero-order valence-corrected chi connectivity index (χ0v) is 17.4. The molecular weight excluding hydrogens is 400 g/mol. The van der Waals surface area contributed by atoms with Gasteiger partial charge in [0, 0.05) is 12.1 Å². The highest BCUT2D eigenvalue weighted by Crippen LogP contribution is 2.47. The number of hydrogen-bond donors (Lipinski definition) is 1. The van der Waals surface area contributed by atoms with Crippen molar-refractivity contribution < 1.29 is 24.4 Å². The lowest BCUT2D eigenvalue weighted by Crippen LogP contribution is -2.55. The van der Waals surface area contributed by atoms with Gasteiger partial charge in [-0.05, 0) is 43.1 Å². The third-order valence-corrected chi connectivity index (χ3v) is 6.48. The molecule has 8 nitrogen and oxygen atoms in total. The van der Waals surface area contributed by atoms with Gasteiger partial charge in [-0.2, -0.15) is 0 Å². The Morgan fingerprint density at radius 1 is 1.31 bits per heavy atom. The molecule has 9 heteroatoms. The van der Waals surface area contributed by atoms with Crippen molar-refractivity contribution in [3.63, 3.8) is 0 Å². The first-order chi connectivity index (χ1) is 13.5. The molecule has 3 rings (SSSR count). The van der Waals surface area contributed by atoms with Gasteiger partial charge in [-0.3, -0.25) is 19.8 Å². The lowest BCUT2D eigenvalue weighted by molar-refractivity contribution is -0.384. The maximum absolute atomic E-state index is 13.4. The molecule has 2 fully saturated rings. The molecule has 0 radical (unpaired) electrons. The van der Waals surface area contributed by atoms with E-state index in [1.807, 2.05) is 0 Å². The molecule has 29 heavy (non-hydrogen) atoms. The first-order valence-electron chi connectivity index (χ1n) is 9.61. The number of carboxylic acid groups (broad SMARTS) is 1. The van der Waals surface area contributed by atoms with Crippen molar-refractivity contribution in [2.45, 2.75) is 58.2 Å². The van der Waals surface area contributed by atoms with Crippen LogP contribution in [-0.4, -0.2) is 45.2 Å². The predicted octanol–water partition coefficient (Wildman–Crippen LogP) is 4.11. The second-order valence-corrected chi connectivity index (χ2v) is 9.26. The highest BCUT2D eigenvalue weighted by atomic mass is 35.5. The fourth-order valence-electron chi connectivity index (χ4n) is 4.41. The predicted molar refractivity (Wildman–Crippen MR) is 106 cm³/mol. The van der Waals surface area contributed by atoms with E-state index in [9.17, 15) is 24.8 Å². The number of benzene rings is 1. The standard InChI is InChI=1S/C20H25ClN2O6/c1-19(2,3)12-6-8-20(9-7-12)22(16(11-29-20)18(25)26)17(24)14-10-13(23(27)28)4-5-15(14)21/h4-5,10,12,16H,6-9,11H2,1-3H3,(H,25,26). The van der Waals surface area contributed by atoms with E-state index >= 15 is 0 Å². The van der Waals surface area contributed by atoms with Gasteiger partial charge in [-0.15, -0.1) is 0 Å². The molecule has 1 amide bonds. The van der Waals surface area contributed by atoms with Crippen molar-refractivity contribution in [1.82, 2.24) is 4.90 Å². The second-order valence-electron chi connectivity index (χ2n) is 8.85. The highest BCUT2D eigenvalue weighted by molar-refractivity contribution is 6.34. The Labute approximate surface area is 173 Å². The van der Waals surface area contributed by atoms with Gasteiger partial charge in [0.25, 0.3) is 11.6 Å². The number of rotatable bonds is 3. The number of nitro benzene ring substituents is 1. The lowest BCUT2D eigenvalue weighted by atomic mass is 9.70. The lowest BCUT2D eigenvalue weighted by Gasteiger charge is -2.46. The van der Waals surface area contributed by atoms with Crippen LogP contribution in [0.1, 0.15) is 56.8 Å². The van der Waals surface area contributed by atoms with E-state index in [0.29, 0.717) is 18.8 Å². The molecule has 1 aliphatic heterocycles. The second kappa shape index (κ2) is 7.57. The van der Waals surface area contributed by atoms with Crippen molar-refractivity contribution in [2.75, 3.05) is 6.61 Å². The molecule has 1 N–H and O–H groups in total. The smallest absolute Gasteiger partial charge is 0.328 e. The first-order valence-corrected chi connectivity index (χ1v) is 9.98. The minimum Gasteiger partial charge on any atom is -0.480 e. The number of carboxylic acids is 1. The number of hydrogen-bond acceptors (Lipinski definition) is 5. The van der Waals surface area contributed by atoms with Crippen LogP contribution in [0.5, 0.6) is 0 Å². The van der Waals surface area contributed by atoms with Crippen molar-refractivity contribution in [1.29, 1.82) is 0 Å². The Morgan fingerprint density at radius 3 is 2.45 bits per heavy atom. The number of aliphatic carboxylic acids is 1. The number of non-ortho nitro benzene ring substituents is 1. The molecule has 2 aliphatic rings. The van der Waals surface area contributed by atoms with E-state index in [4.69, 9.17) is 16.3 Å². The Kier molecular flexibility index (Phi) is 5.62. The maximum atomic E-state index is 13.4. The summed E-state index contributed by atoms with van der Waals surface area (Å²) in [5, 5.41) is 20.8. The summed E-state index contributed by atoms with van der Waals surface area (Å²) in [5.41, 5.74) is -1.30. The highest BCUT2D eigenvalue weighted by Gasteiger charge is 2.55. The fraction of sp³-hybridized carbons (Fsp3) is 0.600. The van der Waals surface area contributed by atoms with Gasteiger partial charge in [0.2, 0.25) is 0 Å². The topological polar surface area (TPSA) is 110 Å². The monoisotopic (exact) mass is 424 g/mol. The van der Waals surface area contributed by atoms with Crippen LogP contribution in [0.2, 0.25) is 5.02 Å². The molecule has 1 aromatic carbocycles. The molecule has 1 aromatic rings. The summed E-state index contributed by atoms with van der Waals surface area (Å²) in [6.45, 7) is 6.37. The van der Waals surface area contributed by atoms with Crippen LogP contribution in [-0.2, 0) is 9.53 Å². The molecule has 1 atom stereocenters. The third-order valence-electron chi connectivity index (χ3n) is 6.15. The largest absolute Gasteiger partial charge is 0.480 e. The van der Waals surface area contributed by atoms with Crippen molar-refractivity contribution in [2.24, 2.45) is 11.3 Å². The van der Waals surface area contributed by atoms with Crippen LogP contribution in [0.4, 0.5) is 5.69 Å². The van der Waals surface area contributed by atoms with Gasteiger partial charge in [-0.1, -0.05) is 32.4 Å². The van der Waals surface area contributed by atoms with Gasteiger partial charge >= 0.3 is 5.97 Å². The van der Waals surface area contributed by atoms with E-state index < -0.39 is 28.6 Å². The normalized spacial score (nSPS) is 27.2. The summed E-state index contributed by atoms with van der Waals surface area (Å²) in [6, 6.07) is 2.42. The van der Waals surface area contributed by atoms with Crippen LogP contribution in [0, 0.1) is 21.4 Å². The van der Waals surface area contributed by atoms with Gasteiger partial charge in [0.05, 0.1) is 22.1 Å². The number of carbonyl (C=O) groups excluding carboxylic acids is 1. The van der Waals surface area contributed by atoms with Crippen LogP contribution in [0.25, 0.3) is 0 Å². The molecule has 0 aromatic heterocycles. The molecular formula is C20H25ClN2O6. The van der Waals surface area contributed by atoms with Gasteiger partial charge in [0.1, 0.15) is 5.72 Å². The average Bonchev–Trinajstić information content (AvgIpc) is 2.99. The molecule has 0 bridgehead atoms. The molecule has 158 valence electrons. The van der Waals surface area contributed by atoms with Crippen LogP contribution < -0.4 is 0 Å². The molecule has 1 spiro atoms. The minimum absolute atomic E-state index is 0.0372. The van der Waals surface area contributed by atoms with Crippen LogP contribution in [0.15, 0.2) is 18.2 Å². The van der Waals surface area contributed by atoms with Gasteiger partial charge in [0.15, 0.2) is 6.04 Å². The quantitative estimate of drug-likeness (QED) is 0.577. The van der Waals surface area contributed by atoms with E-state index in [-0.39, 0.29) is 28.3 Å². The summed E-state index contributed by atoms with van der Waals surface area (Å²) in [5.74, 6) is -1.40. The van der Waals surface area contributed by atoms with Gasteiger partial charge < -0.3 is 9.84 Å². The third kappa shape index (κ3) is 3.96. The Bertz CT molecular complexity index is 842. The van der Waals surface area contributed by atoms with E-state index in [2.05, 4.69) is 20.8 Å². The summed E-state index contributed by atoms with van der Waals surface area (Å²) in [7, 11) is 0. The molecule has 1 aliphatic carbocycles. The van der Waals surface area contributed by atoms with E-state index in [1.54, 1.807) is 0 Å². The fourth-order valence-corrected chi connectivity index (χ4v) is 4.61. The van der Waals surface area contributed by atoms with Crippen molar-refractivity contribution in [3.8, 4) is 0 Å². The summed E-state index contributed by atoms with van der Waals surface area (Å²) in [4.78, 5) is 37.0. The van der Waals surface area contributed by atoms with E-state index in [0.717, 1.165) is 18.9 Å². The zero-order chi connectivity index (χ0) is 21.6. The molecule has 1 unspecified atom stereocenters. The number of halogens is 1. The number of nitro groups is 1. The SMILES string of the molecule is CC(C)(C)C1CCC2(CC1)OCC(C(=O)O)N2C(=O)c1cc([N+](=O)[O-])ccc1Cl. The Hall–Kier alpha value is -2.19. The number of carbonyl (C=O) groups is 2.